The number of carbonyl (C=O) groups is 1. The Hall–Kier alpha value is -2.32. The van der Waals surface area contributed by atoms with Gasteiger partial charge in [0.25, 0.3) is 0 Å². The van der Waals surface area contributed by atoms with Crippen LogP contribution in [-0.2, 0) is 14.3 Å². The summed E-state index contributed by atoms with van der Waals surface area (Å²) >= 11 is 0. The van der Waals surface area contributed by atoms with Crippen LogP contribution >= 0.6 is 0 Å². The molecule has 0 radical (unpaired) electrons. The van der Waals surface area contributed by atoms with Gasteiger partial charge < -0.3 is 19.3 Å². The summed E-state index contributed by atoms with van der Waals surface area (Å²) in [5.41, 5.74) is 2.44. The van der Waals surface area contributed by atoms with E-state index >= 15 is 0 Å². The van der Waals surface area contributed by atoms with Gasteiger partial charge in [-0.25, -0.2) is 9.97 Å². The highest BCUT2D eigenvalue weighted by Gasteiger charge is 2.42. The van der Waals surface area contributed by atoms with Crippen LogP contribution in [0.5, 0.6) is 0 Å². The van der Waals surface area contributed by atoms with Crippen molar-refractivity contribution >= 4 is 22.8 Å². The number of ether oxygens (including phenoxy) is 2. The lowest BCUT2D eigenvalue weighted by atomic mass is 9.94. The topological polar surface area (TPSA) is 80.7 Å². The van der Waals surface area contributed by atoms with Gasteiger partial charge in [0.2, 0.25) is 5.91 Å². The van der Waals surface area contributed by atoms with Gasteiger partial charge in [-0.1, -0.05) is 0 Å². The van der Waals surface area contributed by atoms with E-state index in [2.05, 4.69) is 19.9 Å². The summed E-state index contributed by atoms with van der Waals surface area (Å²) < 4.78 is 11.6. The Labute approximate surface area is 163 Å². The summed E-state index contributed by atoms with van der Waals surface area (Å²) in [6.45, 7) is 4.40. The molecule has 28 heavy (non-hydrogen) atoms. The van der Waals surface area contributed by atoms with E-state index in [-0.39, 0.29) is 11.8 Å². The van der Waals surface area contributed by atoms with Crippen molar-refractivity contribution in [3.8, 4) is 0 Å². The molecular weight excluding hydrogens is 358 g/mol. The Balaban J connectivity index is 1.25. The van der Waals surface area contributed by atoms with Crippen LogP contribution in [0.4, 0.5) is 5.69 Å². The van der Waals surface area contributed by atoms with E-state index in [9.17, 15) is 4.79 Å². The minimum Gasteiger partial charge on any atom is -0.369 e. The molecule has 2 aromatic heterocycles. The summed E-state index contributed by atoms with van der Waals surface area (Å²) in [6, 6.07) is 2.02. The molecule has 2 aromatic rings. The normalized spacial score (nSPS) is 24.8. The molecule has 1 unspecified atom stereocenters. The maximum Gasteiger partial charge on any atom is 0.227 e. The molecule has 8 heteroatoms. The van der Waals surface area contributed by atoms with E-state index in [1.165, 1.54) is 0 Å². The molecule has 148 valence electrons. The second-order valence-electron chi connectivity index (χ2n) is 7.81. The molecule has 8 nitrogen and oxygen atoms in total. The molecule has 3 saturated heterocycles. The number of carbonyl (C=O) groups excluding carboxylic acids is 1. The van der Waals surface area contributed by atoms with E-state index in [1.54, 1.807) is 12.4 Å². The van der Waals surface area contributed by atoms with Crippen LogP contribution in [0.15, 0.2) is 24.7 Å². The zero-order valence-electron chi connectivity index (χ0n) is 15.9. The molecule has 5 heterocycles. The number of aromatic nitrogens is 3. The molecule has 1 spiro atoms. The first-order valence-electron chi connectivity index (χ1n) is 10.1. The number of nitrogens with zero attached hydrogens (tertiary/aromatic N) is 5. The van der Waals surface area contributed by atoms with Gasteiger partial charge in [0.15, 0.2) is 11.4 Å². The van der Waals surface area contributed by atoms with Gasteiger partial charge in [-0.05, 0) is 18.9 Å². The zero-order chi connectivity index (χ0) is 19.0. The predicted molar refractivity (Wildman–Crippen MR) is 103 cm³/mol. The van der Waals surface area contributed by atoms with Crippen molar-refractivity contribution in [3.63, 3.8) is 0 Å². The minimum atomic E-state index is -0.437. The molecule has 0 aliphatic carbocycles. The van der Waals surface area contributed by atoms with Crippen LogP contribution in [0.25, 0.3) is 11.2 Å². The molecule has 0 saturated carbocycles. The summed E-state index contributed by atoms with van der Waals surface area (Å²) in [4.78, 5) is 30.4. The van der Waals surface area contributed by atoms with E-state index < -0.39 is 5.79 Å². The maximum absolute atomic E-state index is 13.1. The smallest absolute Gasteiger partial charge is 0.227 e. The fourth-order valence-corrected chi connectivity index (χ4v) is 4.55. The average molecular weight is 383 g/mol. The van der Waals surface area contributed by atoms with Crippen molar-refractivity contribution in [2.24, 2.45) is 5.92 Å². The third kappa shape index (κ3) is 3.31. The predicted octanol–water partition coefficient (Wildman–Crippen LogP) is 1.61. The van der Waals surface area contributed by atoms with Crippen LogP contribution < -0.4 is 4.90 Å². The highest BCUT2D eigenvalue weighted by atomic mass is 16.7. The largest absolute Gasteiger partial charge is 0.369 e. The third-order valence-corrected chi connectivity index (χ3v) is 6.10. The Morgan fingerprint density at radius 2 is 1.86 bits per heavy atom. The fraction of sp³-hybridized carbons (Fsp3) is 0.600. The summed E-state index contributed by atoms with van der Waals surface area (Å²) in [6.07, 6.45) is 8.63. The quantitative estimate of drug-likeness (QED) is 0.779. The minimum absolute atomic E-state index is 0.0192. The van der Waals surface area contributed by atoms with Gasteiger partial charge in [0, 0.05) is 51.4 Å². The van der Waals surface area contributed by atoms with E-state index in [4.69, 9.17) is 9.47 Å². The molecule has 5 rings (SSSR count). The van der Waals surface area contributed by atoms with Gasteiger partial charge in [-0.2, -0.15) is 0 Å². The van der Waals surface area contributed by atoms with Gasteiger partial charge in [-0.15, -0.1) is 0 Å². The fourth-order valence-electron chi connectivity index (χ4n) is 4.55. The highest BCUT2D eigenvalue weighted by Crippen LogP contribution is 2.33. The maximum atomic E-state index is 13.1. The highest BCUT2D eigenvalue weighted by molar-refractivity contribution is 5.80. The van der Waals surface area contributed by atoms with Crippen molar-refractivity contribution in [3.05, 3.63) is 24.7 Å². The molecule has 3 aliphatic rings. The van der Waals surface area contributed by atoms with Crippen molar-refractivity contribution in [1.29, 1.82) is 0 Å². The zero-order valence-corrected chi connectivity index (χ0v) is 15.9. The summed E-state index contributed by atoms with van der Waals surface area (Å²) in [7, 11) is 0. The van der Waals surface area contributed by atoms with E-state index in [0.29, 0.717) is 32.0 Å². The number of piperidine rings is 2. The van der Waals surface area contributed by atoms with Crippen LogP contribution in [0.1, 0.15) is 25.7 Å². The molecule has 1 amide bonds. The first kappa shape index (κ1) is 17.8. The standard InChI is InChI=1S/C20H25N5O3/c26-19(24-8-3-20(4-9-24)27-10-11-28-20)15-2-1-7-25(14-15)16-12-17-18(23-13-16)22-6-5-21-17/h5-6,12-13,15H,1-4,7-11,14H2. The van der Waals surface area contributed by atoms with Crippen LogP contribution in [0, 0.1) is 5.92 Å². The second-order valence-corrected chi connectivity index (χ2v) is 7.81. The number of likely N-dealkylation sites (tertiary alicyclic amines) is 1. The molecule has 0 N–H and O–H groups in total. The molecule has 0 bridgehead atoms. The van der Waals surface area contributed by atoms with Crippen molar-refractivity contribution in [2.45, 2.75) is 31.5 Å². The SMILES string of the molecule is O=C(C1CCCN(c2cnc3nccnc3c2)C1)N1CCC2(CC1)OCCO2. The lowest BCUT2D eigenvalue weighted by Crippen LogP contribution is -2.51. The van der Waals surface area contributed by atoms with Crippen LogP contribution in [-0.4, -0.2) is 70.9 Å². The second kappa shape index (κ2) is 7.25. The number of pyridine rings is 1. The van der Waals surface area contributed by atoms with E-state index in [0.717, 1.165) is 50.0 Å². The number of hydrogen-bond acceptors (Lipinski definition) is 7. The van der Waals surface area contributed by atoms with Crippen LogP contribution in [0.2, 0.25) is 0 Å². The van der Waals surface area contributed by atoms with Gasteiger partial charge in [0.1, 0.15) is 5.52 Å². The van der Waals surface area contributed by atoms with Gasteiger partial charge >= 0.3 is 0 Å². The number of hydrogen-bond donors (Lipinski definition) is 0. The van der Waals surface area contributed by atoms with Crippen molar-refractivity contribution in [1.82, 2.24) is 19.9 Å². The third-order valence-electron chi connectivity index (χ3n) is 6.10. The Bertz CT molecular complexity index is 860. The van der Waals surface area contributed by atoms with E-state index in [1.807, 2.05) is 17.2 Å². The molecule has 3 fully saturated rings. The number of anilines is 1. The molecule has 0 aromatic carbocycles. The first-order valence-corrected chi connectivity index (χ1v) is 10.1. The first-order chi connectivity index (χ1) is 13.7. The monoisotopic (exact) mass is 383 g/mol. The summed E-state index contributed by atoms with van der Waals surface area (Å²) in [5, 5.41) is 0. The van der Waals surface area contributed by atoms with Gasteiger partial charge in [0.05, 0.1) is 31.0 Å². The lowest BCUT2D eigenvalue weighted by molar-refractivity contribution is -0.188. The lowest BCUT2D eigenvalue weighted by Gasteiger charge is -2.41. The number of rotatable bonds is 2. The molecular formula is C20H25N5O3. The Kier molecular flexibility index (Phi) is 4.60. The Morgan fingerprint density at radius 1 is 1.07 bits per heavy atom. The average Bonchev–Trinajstić information content (AvgIpc) is 3.21. The number of amides is 1. The Morgan fingerprint density at radius 3 is 2.68 bits per heavy atom. The molecule has 1 atom stereocenters. The van der Waals surface area contributed by atoms with Crippen LogP contribution in [0.3, 0.4) is 0 Å². The van der Waals surface area contributed by atoms with Gasteiger partial charge in [-0.3, -0.25) is 9.78 Å². The number of fused-ring (bicyclic) bond motifs is 1. The molecule has 3 aliphatic heterocycles. The summed E-state index contributed by atoms with van der Waals surface area (Å²) in [5.74, 6) is -0.162. The van der Waals surface area contributed by atoms with Crippen molar-refractivity contribution in [2.75, 3.05) is 44.3 Å². The van der Waals surface area contributed by atoms with Crippen molar-refractivity contribution < 1.29 is 14.3 Å².